The van der Waals surface area contributed by atoms with E-state index in [1.54, 1.807) is 30.3 Å². The van der Waals surface area contributed by atoms with Crippen LogP contribution in [0.2, 0.25) is 10.0 Å². The van der Waals surface area contributed by atoms with Gasteiger partial charge in [0.2, 0.25) is 0 Å². The van der Waals surface area contributed by atoms with Gasteiger partial charge in [0.1, 0.15) is 10.7 Å². The summed E-state index contributed by atoms with van der Waals surface area (Å²) in [6.45, 7) is 0.104. The minimum absolute atomic E-state index is 0.0318. The predicted octanol–water partition coefficient (Wildman–Crippen LogP) is 4.49. The first-order chi connectivity index (χ1) is 12.4. The van der Waals surface area contributed by atoms with Crippen molar-refractivity contribution in [1.29, 1.82) is 0 Å². The standard InChI is InChI=1S/C17H11Cl2N3O4/c18-12-4-1-10(2-5-12)16-8-13(21-26-16)9-20-17(23)11-3-6-14(19)15(7-11)22(24)25/h1-8H,9H2,(H,20,23). The molecule has 0 aliphatic rings. The summed E-state index contributed by atoms with van der Waals surface area (Å²) in [5, 5.41) is 18.0. The van der Waals surface area contributed by atoms with Gasteiger partial charge in [-0.05, 0) is 36.4 Å². The predicted molar refractivity (Wildman–Crippen MR) is 96.2 cm³/mol. The third-order valence-corrected chi connectivity index (χ3v) is 4.09. The zero-order valence-corrected chi connectivity index (χ0v) is 14.6. The minimum atomic E-state index is -0.644. The average Bonchev–Trinajstić information content (AvgIpc) is 3.09. The lowest BCUT2D eigenvalue weighted by atomic mass is 10.1. The topological polar surface area (TPSA) is 98.3 Å². The van der Waals surface area contributed by atoms with E-state index >= 15 is 0 Å². The Hall–Kier alpha value is -2.90. The summed E-state index contributed by atoms with van der Waals surface area (Å²) in [5.74, 6) is 0.0499. The first kappa shape index (κ1) is 17.9. The molecular formula is C17H11Cl2N3O4. The summed E-state index contributed by atoms with van der Waals surface area (Å²) in [6.07, 6.45) is 0. The first-order valence-electron chi connectivity index (χ1n) is 7.38. The maximum Gasteiger partial charge on any atom is 0.288 e. The second-order valence-corrected chi connectivity index (χ2v) is 6.14. The molecule has 0 bridgehead atoms. The lowest BCUT2D eigenvalue weighted by molar-refractivity contribution is -0.384. The van der Waals surface area contributed by atoms with Crippen molar-refractivity contribution in [2.24, 2.45) is 0 Å². The number of carbonyl (C=O) groups is 1. The highest BCUT2D eigenvalue weighted by atomic mass is 35.5. The van der Waals surface area contributed by atoms with Crippen LogP contribution < -0.4 is 5.32 Å². The van der Waals surface area contributed by atoms with Gasteiger partial charge in [0.25, 0.3) is 11.6 Å². The Morgan fingerprint density at radius 2 is 1.88 bits per heavy atom. The SMILES string of the molecule is O=C(NCc1cc(-c2ccc(Cl)cc2)on1)c1ccc(Cl)c([N+](=O)[O-])c1. The Morgan fingerprint density at radius 1 is 1.15 bits per heavy atom. The molecule has 26 heavy (non-hydrogen) atoms. The van der Waals surface area contributed by atoms with E-state index in [1.807, 2.05) is 0 Å². The fraction of sp³-hybridized carbons (Fsp3) is 0.0588. The number of nitrogens with one attached hydrogen (secondary N) is 1. The Balaban J connectivity index is 1.68. The molecule has 1 heterocycles. The van der Waals surface area contributed by atoms with E-state index in [1.165, 1.54) is 12.1 Å². The van der Waals surface area contributed by atoms with Gasteiger partial charge in [0, 0.05) is 28.3 Å². The fourth-order valence-corrected chi connectivity index (χ4v) is 2.52. The number of hydrogen-bond acceptors (Lipinski definition) is 5. The van der Waals surface area contributed by atoms with E-state index in [0.717, 1.165) is 11.6 Å². The number of hydrogen-bond donors (Lipinski definition) is 1. The van der Waals surface area contributed by atoms with Crippen LogP contribution >= 0.6 is 23.2 Å². The van der Waals surface area contributed by atoms with Crippen LogP contribution in [-0.2, 0) is 6.54 Å². The molecule has 0 aliphatic carbocycles. The van der Waals surface area contributed by atoms with E-state index < -0.39 is 10.8 Å². The van der Waals surface area contributed by atoms with Gasteiger partial charge in [-0.2, -0.15) is 0 Å². The van der Waals surface area contributed by atoms with Crippen LogP contribution in [0.3, 0.4) is 0 Å². The molecule has 132 valence electrons. The average molecular weight is 392 g/mol. The number of nitrogens with zero attached hydrogens (tertiary/aromatic N) is 2. The molecule has 7 nitrogen and oxygen atoms in total. The number of rotatable bonds is 5. The van der Waals surface area contributed by atoms with Crippen molar-refractivity contribution < 1.29 is 14.2 Å². The normalized spacial score (nSPS) is 10.5. The highest BCUT2D eigenvalue weighted by molar-refractivity contribution is 6.32. The quantitative estimate of drug-likeness (QED) is 0.510. The van der Waals surface area contributed by atoms with Crippen LogP contribution in [0.1, 0.15) is 16.1 Å². The fourth-order valence-electron chi connectivity index (χ4n) is 2.21. The first-order valence-corrected chi connectivity index (χ1v) is 8.13. The van der Waals surface area contributed by atoms with Crippen molar-refractivity contribution in [3.05, 3.63) is 79.9 Å². The van der Waals surface area contributed by atoms with Crippen LogP contribution in [0.4, 0.5) is 5.69 Å². The molecule has 0 aliphatic heterocycles. The van der Waals surface area contributed by atoms with E-state index in [2.05, 4.69) is 10.5 Å². The van der Waals surface area contributed by atoms with Gasteiger partial charge in [-0.15, -0.1) is 0 Å². The van der Waals surface area contributed by atoms with Gasteiger partial charge in [0.15, 0.2) is 5.76 Å². The molecule has 0 spiro atoms. The number of benzene rings is 2. The van der Waals surface area contributed by atoms with Gasteiger partial charge in [-0.25, -0.2) is 0 Å². The van der Waals surface area contributed by atoms with Crippen LogP contribution in [-0.4, -0.2) is 16.0 Å². The van der Waals surface area contributed by atoms with E-state index in [-0.39, 0.29) is 22.8 Å². The number of amides is 1. The molecule has 0 saturated carbocycles. The lowest BCUT2D eigenvalue weighted by Crippen LogP contribution is -2.23. The van der Waals surface area contributed by atoms with Crippen LogP contribution in [0, 0.1) is 10.1 Å². The Morgan fingerprint density at radius 3 is 2.58 bits per heavy atom. The Bertz CT molecular complexity index is 970. The van der Waals surface area contributed by atoms with Crippen molar-refractivity contribution in [1.82, 2.24) is 10.5 Å². The van der Waals surface area contributed by atoms with Crippen molar-refractivity contribution in [2.45, 2.75) is 6.54 Å². The summed E-state index contributed by atoms with van der Waals surface area (Å²) in [4.78, 5) is 22.4. The molecule has 1 N–H and O–H groups in total. The third-order valence-electron chi connectivity index (χ3n) is 3.52. The zero-order valence-electron chi connectivity index (χ0n) is 13.1. The maximum atomic E-state index is 12.2. The molecule has 2 aromatic carbocycles. The highest BCUT2D eigenvalue weighted by Gasteiger charge is 2.16. The van der Waals surface area contributed by atoms with Crippen molar-refractivity contribution >= 4 is 34.8 Å². The molecule has 0 atom stereocenters. The Kier molecular flexibility index (Phi) is 5.20. The molecule has 3 aromatic rings. The molecule has 1 aromatic heterocycles. The minimum Gasteiger partial charge on any atom is -0.356 e. The molecule has 9 heteroatoms. The highest BCUT2D eigenvalue weighted by Crippen LogP contribution is 2.25. The molecule has 0 unspecified atom stereocenters. The molecule has 1 amide bonds. The van der Waals surface area contributed by atoms with Crippen LogP contribution in [0.5, 0.6) is 0 Å². The second kappa shape index (κ2) is 7.55. The summed E-state index contributed by atoms with van der Waals surface area (Å²) in [6, 6.07) is 12.6. The molecule has 0 saturated heterocycles. The van der Waals surface area contributed by atoms with Crippen LogP contribution in [0.15, 0.2) is 53.1 Å². The number of halogens is 2. The molecule has 0 fully saturated rings. The van der Waals surface area contributed by atoms with Gasteiger partial charge in [-0.1, -0.05) is 28.4 Å². The van der Waals surface area contributed by atoms with Crippen molar-refractivity contribution in [2.75, 3.05) is 0 Å². The number of carbonyl (C=O) groups excluding carboxylic acids is 1. The van der Waals surface area contributed by atoms with Gasteiger partial charge in [-0.3, -0.25) is 14.9 Å². The second-order valence-electron chi connectivity index (χ2n) is 5.30. The molecular weight excluding hydrogens is 381 g/mol. The smallest absolute Gasteiger partial charge is 0.288 e. The third kappa shape index (κ3) is 4.01. The maximum absolute atomic E-state index is 12.2. The van der Waals surface area contributed by atoms with Gasteiger partial charge in [0.05, 0.1) is 11.5 Å². The largest absolute Gasteiger partial charge is 0.356 e. The van der Waals surface area contributed by atoms with Gasteiger partial charge >= 0.3 is 0 Å². The van der Waals surface area contributed by atoms with E-state index in [4.69, 9.17) is 27.7 Å². The van der Waals surface area contributed by atoms with Gasteiger partial charge < -0.3 is 9.84 Å². The summed E-state index contributed by atoms with van der Waals surface area (Å²) in [5.41, 5.74) is 1.10. The van der Waals surface area contributed by atoms with E-state index in [9.17, 15) is 14.9 Å². The molecule has 0 radical (unpaired) electrons. The zero-order chi connectivity index (χ0) is 18.7. The van der Waals surface area contributed by atoms with Crippen molar-refractivity contribution in [3.63, 3.8) is 0 Å². The number of nitro groups is 1. The number of nitro benzene ring substituents is 1. The summed E-state index contributed by atoms with van der Waals surface area (Å²) in [7, 11) is 0. The number of aromatic nitrogens is 1. The van der Waals surface area contributed by atoms with E-state index in [0.29, 0.717) is 16.5 Å². The molecule has 3 rings (SSSR count). The summed E-state index contributed by atoms with van der Waals surface area (Å²) >= 11 is 11.6. The summed E-state index contributed by atoms with van der Waals surface area (Å²) < 4.78 is 5.24. The van der Waals surface area contributed by atoms with Crippen molar-refractivity contribution in [3.8, 4) is 11.3 Å². The van der Waals surface area contributed by atoms with Crippen LogP contribution in [0.25, 0.3) is 11.3 Å². The monoisotopic (exact) mass is 391 g/mol. The Labute approximate surface area is 157 Å². The lowest BCUT2D eigenvalue weighted by Gasteiger charge is -2.03.